The van der Waals surface area contributed by atoms with Crippen LogP contribution in [-0.2, 0) is 14.3 Å². The van der Waals surface area contributed by atoms with Crippen molar-refractivity contribution in [2.45, 2.75) is 25.8 Å². The molecule has 0 fully saturated rings. The number of carbonyl (C=O) groups is 1. The fraction of sp³-hybridized carbons (Fsp3) is 0.929. The first-order valence-electron chi connectivity index (χ1n) is 7.22. The van der Waals surface area contributed by atoms with Crippen LogP contribution in [0.1, 0.15) is 19.8 Å². The Morgan fingerprint density at radius 1 is 1.20 bits per heavy atom. The molecule has 0 aliphatic heterocycles. The lowest BCUT2D eigenvalue weighted by molar-refractivity contribution is -0.130. The van der Waals surface area contributed by atoms with Crippen LogP contribution in [0.4, 0.5) is 0 Å². The molecule has 0 bridgehead atoms. The zero-order valence-corrected chi connectivity index (χ0v) is 13.4. The number of hydrogen-bond donors (Lipinski definition) is 1. The Hall–Kier alpha value is -0.690. The van der Waals surface area contributed by atoms with Crippen LogP contribution in [0.2, 0.25) is 0 Å². The molecular formula is C14H31N3O3. The van der Waals surface area contributed by atoms with Crippen molar-refractivity contribution in [3.8, 4) is 0 Å². The van der Waals surface area contributed by atoms with Crippen LogP contribution in [0.25, 0.3) is 0 Å². The molecule has 0 saturated carbocycles. The van der Waals surface area contributed by atoms with Crippen molar-refractivity contribution in [3.05, 3.63) is 0 Å². The first kappa shape index (κ1) is 19.3. The molecule has 1 amide bonds. The van der Waals surface area contributed by atoms with E-state index in [0.29, 0.717) is 26.2 Å². The molecule has 1 unspecified atom stereocenters. The van der Waals surface area contributed by atoms with E-state index in [4.69, 9.17) is 15.2 Å². The second kappa shape index (κ2) is 12.1. The molecule has 0 aromatic carbocycles. The number of hydrogen-bond acceptors (Lipinski definition) is 5. The van der Waals surface area contributed by atoms with Crippen molar-refractivity contribution in [1.82, 2.24) is 9.80 Å². The second-order valence-corrected chi connectivity index (χ2v) is 5.04. The number of carbonyl (C=O) groups excluding carboxylic acids is 1. The minimum Gasteiger partial charge on any atom is -0.383 e. The van der Waals surface area contributed by atoms with Gasteiger partial charge in [0.25, 0.3) is 0 Å². The molecule has 0 spiro atoms. The molecule has 0 aliphatic carbocycles. The van der Waals surface area contributed by atoms with E-state index >= 15 is 0 Å². The first-order chi connectivity index (χ1) is 9.56. The highest BCUT2D eigenvalue weighted by Gasteiger charge is 2.16. The van der Waals surface area contributed by atoms with Crippen molar-refractivity contribution < 1.29 is 14.3 Å². The van der Waals surface area contributed by atoms with E-state index in [1.54, 1.807) is 19.1 Å². The minimum absolute atomic E-state index is 0.158. The van der Waals surface area contributed by atoms with E-state index in [9.17, 15) is 4.79 Å². The summed E-state index contributed by atoms with van der Waals surface area (Å²) >= 11 is 0. The van der Waals surface area contributed by atoms with E-state index in [1.807, 2.05) is 7.05 Å². The Bertz CT molecular complexity index is 252. The summed E-state index contributed by atoms with van der Waals surface area (Å²) in [6.07, 6.45) is 1.36. The lowest BCUT2D eigenvalue weighted by atomic mass is 10.2. The standard InChI is InChI=1S/C14H31N3O3/c1-13(12-20-4)17(10-11-19-3)9-6-14(18)16(2)8-5-7-15/h13H,5-12,15H2,1-4H3. The van der Waals surface area contributed by atoms with Gasteiger partial charge in [-0.25, -0.2) is 0 Å². The maximum absolute atomic E-state index is 12.0. The summed E-state index contributed by atoms with van der Waals surface area (Å²) < 4.78 is 10.3. The molecule has 120 valence electrons. The summed E-state index contributed by atoms with van der Waals surface area (Å²) in [6.45, 7) is 6.28. The van der Waals surface area contributed by atoms with E-state index < -0.39 is 0 Å². The molecule has 0 saturated heterocycles. The number of methoxy groups -OCH3 is 2. The topological polar surface area (TPSA) is 68.0 Å². The largest absolute Gasteiger partial charge is 0.383 e. The van der Waals surface area contributed by atoms with Crippen molar-refractivity contribution in [1.29, 1.82) is 0 Å². The molecule has 0 aliphatic rings. The minimum atomic E-state index is 0.158. The second-order valence-electron chi connectivity index (χ2n) is 5.04. The maximum Gasteiger partial charge on any atom is 0.223 e. The fourth-order valence-electron chi connectivity index (χ4n) is 1.99. The summed E-state index contributed by atoms with van der Waals surface area (Å²) in [4.78, 5) is 16.0. The van der Waals surface area contributed by atoms with E-state index in [2.05, 4.69) is 11.8 Å². The Kier molecular flexibility index (Phi) is 11.7. The van der Waals surface area contributed by atoms with Crippen LogP contribution in [0.5, 0.6) is 0 Å². The average molecular weight is 289 g/mol. The van der Waals surface area contributed by atoms with Gasteiger partial charge in [-0.1, -0.05) is 0 Å². The SMILES string of the molecule is COCCN(CCC(=O)N(C)CCCN)C(C)COC. The molecule has 6 heteroatoms. The summed E-state index contributed by atoms with van der Waals surface area (Å²) in [5.41, 5.74) is 5.45. The van der Waals surface area contributed by atoms with Crippen molar-refractivity contribution >= 4 is 5.91 Å². The van der Waals surface area contributed by atoms with E-state index in [-0.39, 0.29) is 11.9 Å². The van der Waals surface area contributed by atoms with Gasteiger partial charge in [0.2, 0.25) is 5.91 Å². The molecule has 6 nitrogen and oxygen atoms in total. The van der Waals surface area contributed by atoms with Gasteiger partial charge in [0.15, 0.2) is 0 Å². The Morgan fingerprint density at radius 3 is 2.45 bits per heavy atom. The van der Waals surface area contributed by atoms with Crippen LogP contribution in [-0.4, -0.2) is 82.4 Å². The third-order valence-corrected chi connectivity index (χ3v) is 3.35. The summed E-state index contributed by atoms with van der Waals surface area (Å²) in [5, 5.41) is 0. The van der Waals surface area contributed by atoms with Gasteiger partial charge in [0.05, 0.1) is 13.2 Å². The average Bonchev–Trinajstić information content (AvgIpc) is 2.44. The summed E-state index contributed by atoms with van der Waals surface area (Å²) in [6, 6.07) is 0.275. The molecular weight excluding hydrogens is 258 g/mol. The predicted octanol–water partition coefficient (Wildman–Crippen LogP) is 0.167. The third-order valence-electron chi connectivity index (χ3n) is 3.35. The molecule has 0 aromatic rings. The molecule has 2 N–H and O–H groups in total. The van der Waals surface area contributed by atoms with Gasteiger partial charge >= 0.3 is 0 Å². The smallest absolute Gasteiger partial charge is 0.223 e. The van der Waals surface area contributed by atoms with E-state index in [1.165, 1.54) is 0 Å². The lowest BCUT2D eigenvalue weighted by Gasteiger charge is -2.29. The number of nitrogens with zero attached hydrogens (tertiary/aromatic N) is 2. The van der Waals surface area contributed by atoms with Crippen LogP contribution >= 0.6 is 0 Å². The molecule has 0 aromatic heterocycles. The van der Waals surface area contributed by atoms with Crippen LogP contribution in [0.15, 0.2) is 0 Å². The highest BCUT2D eigenvalue weighted by atomic mass is 16.5. The molecule has 0 radical (unpaired) electrons. The van der Waals surface area contributed by atoms with Gasteiger partial charge in [-0.3, -0.25) is 9.69 Å². The molecule has 20 heavy (non-hydrogen) atoms. The number of nitrogens with two attached hydrogens (primary N) is 1. The highest BCUT2D eigenvalue weighted by Crippen LogP contribution is 2.03. The maximum atomic E-state index is 12.0. The monoisotopic (exact) mass is 289 g/mol. The van der Waals surface area contributed by atoms with Gasteiger partial charge in [-0.2, -0.15) is 0 Å². The Balaban J connectivity index is 4.18. The third kappa shape index (κ3) is 8.47. The fourth-order valence-corrected chi connectivity index (χ4v) is 1.99. The Labute approximate surface area is 123 Å². The van der Waals surface area contributed by atoms with Gasteiger partial charge in [-0.05, 0) is 19.9 Å². The van der Waals surface area contributed by atoms with Gasteiger partial charge in [0, 0.05) is 53.4 Å². The molecule has 1 atom stereocenters. The van der Waals surface area contributed by atoms with Crippen LogP contribution in [0.3, 0.4) is 0 Å². The zero-order valence-electron chi connectivity index (χ0n) is 13.4. The normalized spacial score (nSPS) is 12.7. The zero-order chi connectivity index (χ0) is 15.4. The van der Waals surface area contributed by atoms with Gasteiger partial charge in [-0.15, -0.1) is 0 Å². The summed E-state index contributed by atoms with van der Waals surface area (Å²) in [5.74, 6) is 0.158. The number of ether oxygens (including phenoxy) is 2. The van der Waals surface area contributed by atoms with Crippen LogP contribution < -0.4 is 5.73 Å². The van der Waals surface area contributed by atoms with Gasteiger partial charge < -0.3 is 20.1 Å². The Morgan fingerprint density at radius 2 is 1.90 bits per heavy atom. The summed E-state index contributed by atoms with van der Waals surface area (Å²) in [7, 11) is 5.21. The number of amides is 1. The predicted molar refractivity (Wildman–Crippen MR) is 80.7 cm³/mol. The van der Waals surface area contributed by atoms with Crippen molar-refractivity contribution in [3.63, 3.8) is 0 Å². The van der Waals surface area contributed by atoms with Crippen LogP contribution in [0, 0.1) is 0 Å². The van der Waals surface area contributed by atoms with E-state index in [0.717, 1.165) is 26.1 Å². The molecule has 0 rings (SSSR count). The quantitative estimate of drug-likeness (QED) is 0.554. The highest BCUT2D eigenvalue weighted by molar-refractivity contribution is 5.76. The molecule has 0 heterocycles. The van der Waals surface area contributed by atoms with Crippen molar-refractivity contribution in [2.75, 3.05) is 60.7 Å². The first-order valence-corrected chi connectivity index (χ1v) is 7.22. The van der Waals surface area contributed by atoms with Gasteiger partial charge in [0.1, 0.15) is 0 Å². The number of rotatable bonds is 12. The van der Waals surface area contributed by atoms with Crippen molar-refractivity contribution in [2.24, 2.45) is 5.73 Å². The lowest BCUT2D eigenvalue weighted by Crippen LogP contribution is -2.41.